The number of amides is 1. The van der Waals surface area contributed by atoms with Crippen molar-refractivity contribution in [3.63, 3.8) is 0 Å². The van der Waals surface area contributed by atoms with E-state index in [1.54, 1.807) is 16.9 Å². The molecule has 0 unspecified atom stereocenters. The normalized spacial score (nSPS) is 14.7. The van der Waals surface area contributed by atoms with E-state index >= 15 is 0 Å². The van der Waals surface area contributed by atoms with E-state index in [0.29, 0.717) is 18.2 Å². The van der Waals surface area contributed by atoms with E-state index in [9.17, 15) is 4.79 Å². The Morgan fingerprint density at radius 1 is 1.50 bits per heavy atom. The Balaban J connectivity index is 1.59. The quantitative estimate of drug-likeness (QED) is 0.871. The predicted octanol–water partition coefficient (Wildman–Crippen LogP) is 1.66. The first kappa shape index (κ1) is 11.1. The maximum absolute atomic E-state index is 11.8. The van der Waals surface area contributed by atoms with Gasteiger partial charge in [-0.2, -0.15) is 5.10 Å². The smallest absolute Gasteiger partial charge is 0.287 e. The van der Waals surface area contributed by atoms with E-state index in [1.165, 1.54) is 12.8 Å². The molecule has 0 bridgehead atoms. The highest BCUT2D eigenvalue weighted by Gasteiger charge is 2.22. The molecule has 0 atom stereocenters. The second-order valence-corrected chi connectivity index (χ2v) is 4.62. The monoisotopic (exact) mass is 245 g/mol. The van der Waals surface area contributed by atoms with Crippen LogP contribution in [0.15, 0.2) is 35.0 Å². The van der Waals surface area contributed by atoms with Crippen LogP contribution in [0.2, 0.25) is 0 Å². The van der Waals surface area contributed by atoms with Crippen LogP contribution in [0.5, 0.6) is 0 Å². The maximum atomic E-state index is 11.8. The fourth-order valence-corrected chi connectivity index (χ4v) is 1.78. The van der Waals surface area contributed by atoms with Crippen molar-refractivity contribution in [1.29, 1.82) is 0 Å². The standard InChI is InChI=1S/C13H15N3O2/c17-13(14-8-10-2-3-10)12-5-4-11(18-12)9-16-7-1-6-15-16/h1,4-7,10H,2-3,8-9H2,(H,14,17). The van der Waals surface area contributed by atoms with Crippen LogP contribution in [0.4, 0.5) is 0 Å². The lowest BCUT2D eigenvalue weighted by atomic mass is 10.3. The molecule has 0 aliphatic heterocycles. The molecule has 18 heavy (non-hydrogen) atoms. The summed E-state index contributed by atoms with van der Waals surface area (Å²) in [5, 5.41) is 6.97. The summed E-state index contributed by atoms with van der Waals surface area (Å²) in [5.74, 6) is 1.65. The van der Waals surface area contributed by atoms with Crippen molar-refractivity contribution < 1.29 is 9.21 Å². The average Bonchev–Trinajstić information content (AvgIpc) is 2.87. The molecule has 0 spiro atoms. The van der Waals surface area contributed by atoms with Gasteiger partial charge in [0.15, 0.2) is 5.76 Å². The topological polar surface area (TPSA) is 60.1 Å². The van der Waals surface area contributed by atoms with E-state index in [4.69, 9.17) is 4.42 Å². The van der Waals surface area contributed by atoms with Crippen LogP contribution in [-0.2, 0) is 6.54 Å². The highest BCUT2D eigenvalue weighted by atomic mass is 16.4. The lowest BCUT2D eigenvalue weighted by Crippen LogP contribution is -2.25. The van der Waals surface area contributed by atoms with Crippen molar-refractivity contribution in [2.24, 2.45) is 5.92 Å². The van der Waals surface area contributed by atoms with Crippen molar-refractivity contribution in [2.45, 2.75) is 19.4 Å². The number of carbonyl (C=O) groups is 1. The first-order valence-corrected chi connectivity index (χ1v) is 6.15. The van der Waals surface area contributed by atoms with Gasteiger partial charge in [-0.1, -0.05) is 0 Å². The minimum Gasteiger partial charge on any atom is -0.454 e. The van der Waals surface area contributed by atoms with Gasteiger partial charge in [-0.15, -0.1) is 0 Å². The second kappa shape index (κ2) is 4.68. The third-order valence-corrected chi connectivity index (χ3v) is 3.01. The molecule has 1 aliphatic carbocycles. The van der Waals surface area contributed by atoms with Gasteiger partial charge >= 0.3 is 0 Å². The molecule has 2 aromatic rings. The number of hydrogen-bond donors (Lipinski definition) is 1. The Bertz CT molecular complexity index is 526. The molecular formula is C13H15N3O2. The third-order valence-electron chi connectivity index (χ3n) is 3.01. The number of carbonyl (C=O) groups excluding carboxylic acids is 1. The molecular weight excluding hydrogens is 230 g/mol. The van der Waals surface area contributed by atoms with Crippen LogP contribution in [0.3, 0.4) is 0 Å². The number of aromatic nitrogens is 2. The Hall–Kier alpha value is -2.04. The highest BCUT2D eigenvalue weighted by Crippen LogP contribution is 2.27. The third kappa shape index (κ3) is 2.61. The van der Waals surface area contributed by atoms with Gasteiger partial charge in [-0.3, -0.25) is 9.48 Å². The summed E-state index contributed by atoms with van der Waals surface area (Å²) >= 11 is 0. The zero-order chi connectivity index (χ0) is 12.4. The van der Waals surface area contributed by atoms with Crippen molar-refractivity contribution in [3.05, 3.63) is 42.1 Å². The zero-order valence-electron chi connectivity index (χ0n) is 10.0. The number of nitrogens with zero attached hydrogens (tertiary/aromatic N) is 2. The molecule has 5 nitrogen and oxygen atoms in total. The van der Waals surface area contributed by atoms with Crippen LogP contribution in [0.25, 0.3) is 0 Å². The lowest BCUT2D eigenvalue weighted by Gasteiger charge is -2.01. The van der Waals surface area contributed by atoms with Gasteiger partial charge in [0, 0.05) is 18.9 Å². The van der Waals surface area contributed by atoms with Crippen molar-refractivity contribution in [2.75, 3.05) is 6.54 Å². The van der Waals surface area contributed by atoms with Gasteiger partial charge in [-0.25, -0.2) is 0 Å². The van der Waals surface area contributed by atoms with Crippen molar-refractivity contribution >= 4 is 5.91 Å². The van der Waals surface area contributed by atoms with E-state index in [2.05, 4.69) is 10.4 Å². The van der Waals surface area contributed by atoms with Crippen LogP contribution < -0.4 is 5.32 Å². The fourth-order valence-electron chi connectivity index (χ4n) is 1.78. The van der Waals surface area contributed by atoms with Crippen LogP contribution in [-0.4, -0.2) is 22.2 Å². The predicted molar refractivity (Wildman–Crippen MR) is 65.1 cm³/mol. The molecule has 1 fully saturated rings. The first-order valence-electron chi connectivity index (χ1n) is 6.15. The molecule has 0 aromatic carbocycles. The molecule has 0 radical (unpaired) electrons. The van der Waals surface area contributed by atoms with Crippen LogP contribution in [0, 0.1) is 5.92 Å². The van der Waals surface area contributed by atoms with E-state index in [-0.39, 0.29) is 5.91 Å². The summed E-state index contributed by atoms with van der Waals surface area (Å²) in [6, 6.07) is 5.38. The Morgan fingerprint density at radius 2 is 2.39 bits per heavy atom. The summed E-state index contributed by atoms with van der Waals surface area (Å²) in [7, 11) is 0. The summed E-state index contributed by atoms with van der Waals surface area (Å²) < 4.78 is 7.25. The fraction of sp³-hybridized carbons (Fsp3) is 0.385. The van der Waals surface area contributed by atoms with Crippen molar-refractivity contribution in [1.82, 2.24) is 15.1 Å². The molecule has 94 valence electrons. The van der Waals surface area contributed by atoms with E-state index < -0.39 is 0 Å². The molecule has 5 heteroatoms. The highest BCUT2D eigenvalue weighted by molar-refractivity contribution is 5.91. The molecule has 1 saturated carbocycles. The van der Waals surface area contributed by atoms with E-state index in [0.717, 1.165) is 12.3 Å². The number of nitrogens with one attached hydrogen (secondary N) is 1. The van der Waals surface area contributed by atoms with Crippen LogP contribution in [0.1, 0.15) is 29.2 Å². The van der Waals surface area contributed by atoms with Gasteiger partial charge in [-0.05, 0) is 37.0 Å². The Labute approximate surface area is 105 Å². The van der Waals surface area contributed by atoms with Gasteiger partial charge in [0.1, 0.15) is 5.76 Å². The first-order chi connectivity index (χ1) is 8.81. The summed E-state index contributed by atoms with van der Waals surface area (Å²) in [6.07, 6.45) is 6.02. The van der Waals surface area contributed by atoms with E-state index in [1.807, 2.05) is 18.3 Å². The number of rotatable bonds is 5. The SMILES string of the molecule is O=C(NCC1CC1)c1ccc(Cn2cccn2)o1. The molecule has 1 aliphatic rings. The molecule has 1 N–H and O–H groups in total. The molecule has 1 amide bonds. The minimum atomic E-state index is -0.131. The average molecular weight is 245 g/mol. The van der Waals surface area contributed by atoms with Gasteiger partial charge in [0.25, 0.3) is 5.91 Å². The van der Waals surface area contributed by atoms with Crippen molar-refractivity contribution in [3.8, 4) is 0 Å². The zero-order valence-corrected chi connectivity index (χ0v) is 10.0. The number of furan rings is 1. The van der Waals surface area contributed by atoms with Gasteiger partial charge < -0.3 is 9.73 Å². The molecule has 3 rings (SSSR count). The lowest BCUT2D eigenvalue weighted by molar-refractivity contribution is 0.0922. The van der Waals surface area contributed by atoms with Gasteiger partial charge in [0.2, 0.25) is 0 Å². The second-order valence-electron chi connectivity index (χ2n) is 4.62. The molecule has 2 aromatic heterocycles. The summed E-state index contributed by atoms with van der Waals surface area (Å²) in [6.45, 7) is 1.30. The Morgan fingerprint density at radius 3 is 3.11 bits per heavy atom. The van der Waals surface area contributed by atoms with Crippen LogP contribution >= 0.6 is 0 Å². The molecule has 2 heterocycles. The maximum Gasteiger partial charge on any atom is 0.287 e. The number of hydrogen-bond acceptors (Lipinski definition) is 3. The Kier molecular flexibility index (Phi) is 2.88. The molecule has 0 saturated heterocycles. The van der Waals surface area contributed by atoms with Gasteiger partial charge in [0.05, 0.1) is 6.54 Å². The largest absolute Gasteiger partial charge is 0.454 e. The summed E-state index contributed by atoms with van der Waals surface area (Å²) in [4.78, 5) is 11.8. The summed E-state index contributed by atoms with van der Waals surface area (Å²) in [5.41, 5.74) is 0. The minimum absolute atomic E-state index is 0.131.